The van der Waals surface area contributed by atoms with E-state index < -0.39 is 6.36 Å². The van der Waals surface area contributed by atoms with Crippen molar-refractivity contribution in [3.63, 3.8) is 0 Å². The average molecular weight is 483 g/mol. The molecule has 7 nitrogen and oxygen atoms in total. The number of benzene rings is 2. The highest BCUT2D eigenvalue weighted by atomic mass is 32.2. The van der Waals surface area contributed by atoms with Gasteiger partial charge < -0.3 is 10.1 Å². The summed E-state index contributed by atoms with van der Waals surface area (Å²) in [7, 11) is 3.78. The van der Waals surface area contributed by atoms with Gasteiger partial charge in [-0.05, 0) is 69.6 Å². The summed E-state index contributed by atoms with van der Waals surface area (Å²) in [6.07, 6.45) is -4.79. The van der Waals surface area contributed by atoms with Crippen LogP contribution in [0.25, 0.3) is 5.69 Å². The minimum atomic E-state index is -4.79. The number of ether oxygens (including phenoxy) is 1. The number of nitrogens with one attached hydrogen (secondary N) is 1. The summed E-state index contributed by atoms with van der Waals surface area (Å²) in [5.74, 6) is -0.564. The number of nitrogens with zero attached hydrogens (tertiary/aromatic N) is 4. The van der Waals surface area contributed by atoms with Gasteiger partial charge in [-0.2, -0.15) is 0 Å². The summed E-state index contributed by atoms with van der Waals surface area (Å²) in [4.78, 5) is 14.3. The van der Waals surface area contributed by atoms with Gasteiger partial charge in [0.2, 0.25) is 5.91 Å². The predicted molar refractivity (Wildman–Crippen MR) is 116 cm³/mol. The van der Waals surface area contributed by atoms with E-state index in [4.69, 9.17) is 0 Å². The molecule has 1 atom stereocenters. The second kappa shape index (κ2) is 10.2. The first-order valence-electron chi connectivity index (χ1n) is 9.69. The lowest BCUT2D eigenvalue weighted by molar-refractivity contribution is -0.274. The molecule has 0 bridgehead atoms. The number of hydrogen-bond acceptors (Lipinski definition) is 6. The maximum atomic E-state index is 13.4. The van der Waals surface area contributed by atoms with Gasteiger partial charge >= 0.3 is 6.36 Å². The minimum Gasteiger partial charge on any atom is -0.406 e. The van der Waals surface area contributed by atoms with Crippen LogP contribution in [0.1, 0.15) is 18.8 Å². The van der Waals surface area contributed by atoms with Gasteiger partial charge in [0, 0.05) is 11.4 Å². The first-order valence-corrected chi connectivity index (χ1v) is 10.7. The average Bonchev–Trinajstić information content (AvgIpc) is 3.16. The second-order valence-corrected chi connectivity index (χ2v) is 8.14. The Kier molecular flexibility index (Phi) is 7.59. The topological polar surface area (TPSA) is 72.3 Å². The van der Waals surface area contributed by atoms with Crippen molar-refractivity contribution in [2.45, 2.75) is 24.5 Å². The highest BCUT2D eigenvalue weighted by Crippen LogP contribution is 2.28. The number of carbonyl (C=O) groups is 1. The minimum absolute atomic E-state index is 0.0313. The molecular formula is C21H21F4N5O2S. The third-order valence-electron chi connectivity index (χ3n) is 4.60. The second-order valence-electron chi connectivity index (χ2n) is 7.20. The number of aromatic nitrogens is 3. The van der Waals surface area contributed by atoms with E-state index in [1.807, 2.05) is 25.9 Å². The molecule has 0 unspecified atom stereocenters. The lowest BCUT2D eigenvalue weighted by atomic mass is 10.2. The number of carbonyl (C=O) groups excluding carboxylic acids is 1. The van der Waals surface area contributed by atoms with Crippen molar-refractivity contribution in [2.75, 3.05) is 25.2 Å². The van der Waals surface area contributed by atoms with Crippen LogP contribution in [0.5, 0.6) is 5.75 Å². The van der Waals surface area contributed by atoms with Crippen molar-refractivity contribution in [1.29, 1.82) is 0 Å². The summed E-state index contributed by atoms with van der Waals surface area (Å²) < 4.78 is 55.7. The molecule has 0 radical (unpaired) electrons. The van der Waals surface area contributed by atoms with Gasteiger partial charge in [0.25, 0.3) is 0 Å². The molecule has 0 aliphatic rings. The molecule has 0 spiro atoms. The SMILES string of the molecule is C[C@@H](c1nnc(SCC(=O)Nc2ccc(OC(F)(F)F)cc2)n1-c1ccc(F)cc1)N(C)C. The van der Waals surface area contributed by atoms with Crippen molar-refractivity contribution in [1.82, 2.24) is 19.7 Å². The first-order chi connectivity index (χ1) is 15.5. The lowest BCUT2D eigenvalue weighted by Crippen LogP contribution is -2.21. The normalized spacial score (nSPS) is 12.6. The number of thioether (sulfide) groups is 1. The van der Waals surface area contributed by atoms with Crippen LogP contribution in [0.3, 0.4) is 0 Å². The van der Waals surface area contributed by atoms with Crippen LogP contribution < -0.4 is 10.1 Å². The van der Waals surface area contributed by atoms with E-state index in [0.29, 0.717) is 22.4 Å². The molecule has 0 aliphatic carbocycles. The number of anilines is 1. The Morgan fingerprint density at radius 3 is 2.33 bits per heavy atom. The van der Waals surface area contributed by atoms with Crippen molar-refractivity contribution in [2.24, 2.45) is 0 Å². The molecule has 12 heteroatoms. The summed E-state index contributed by atoms with van der Waals surface area (Å²) >= 11 is 1.13. The molecule has 176 valence electrons. The lowest BCUT2D eigenvalue weighted by Gasteiger charge is -2.20. The third kappa shape index (κ3) is 6.68. The van der Waals surface area contributed by atoms with Gasteiger partial charge in [-0.3, -0.25) is 14.3 Å². The molecule has 33 heavy (non-hydrogen) atoms. The number of amides is 1. The van der Waals surface area contributed by atoms with Crippen molar-refractivity contribution in [3.05, 3.63) is 60.2 Å². The quantitative estimate of drug-likeness (QED) is 0.371. The van der Waals surface area contributed by atoms with Crippen LogP contribution >= 0.6 is 11.8 Å². The third-order valence-corrected chi connectivity index (χ3v) is 5.52. The van der Waals surface area contributed by atoms with Gasteiger partial charge in [-0.15, -0.1) is 23.4 Å². The Labute approximate surface area is 191 Å². The maximum absolute atomic E-state index is 13.4. The highest BCUT2D eigenvalue weighted by Gasteiger charge is 2.31. The largest absolute Gasteiger partial charge is 0.573 e. The van der Waals surface area contributed by atoms with Crippen LogP contribution in [0.4, 0.5) is 23.2 Å². The van der Waals surface area contributed by atoms with Gasteiger partial charge in [0.15, 0.2) is 11.0 Å². The molecule has 0 saturated carbocycles. The molecular weight excluding hydrogens is 462 g/mol. The molecule has 2 aromatic carbocycles. The monoisotopic (exact) mass is 483 g/mol. The smallest absolute Gasteiger partial charge is 0.406 e. The molecule has 3 aromatic rings. The Morgan fingerprint density at radius 2 is 1.76 bits per heavy atom. The van der Waals surface area contributed by atoms with E-state index in [2.05, 4.69) is 20.3 Å². The molecule has 0 saturated heterocycles. The van der Waals surface area contributed by atoms with E-state index in [0.717, 1.165) is 23.9 Å². The van der Waals surface area contributed by atoms with E-state index in [9.17, 15) is 22.4 Å². The maximum Gasteiger partial charge on any atom is 0.573 e. The van der Waals surface area contributed by atoms with E-state index in [1.165, 1.54) is 24.3 Å². The van der Waals surface area contributed by atoms with Crippen LogP contribution in [0.2, 0.25) is 0 Å². The van der Waals surface area contributed by atoms with Crippen molar-refractivity contribution < 1.29 is 27.1 Å². The summed E-state index contributed by atoms with van der Waals surface area (Å²) in [6, 6.07) is 10.6. The molecule has 1 aromatic heterocycles. The van der Waals surface area contributed by atoms with Crippen LogP contribution in [-0.2, 0) is 4.79 Å². The van der Waals surface area contributed by atoms with Gasteiger partial charge in [0.05, 0.1) is 11.8 Å². The number of hydrogen-bond donors (Lipinski definition) is 1. The molecule has 3 rings (SSSR count). The highest BCUT2D eigenvalue weighted by molar-refractivity contribution is 7.99. The number of alkyl halides is 3. The van der Waals surface area contributed by atoms with Crippen LogP contribution in [0.15, 0.2) is 53.7 Å². The molecule has 1 N–H and O–H groups in total. The van der Waals surface area contributed by atoms with Gasteiger partial charge in [-0.25, -0.2) is 4.39 Å². The molecule has 0 aliphatic heterocycles. The Balaban J connectivity index is 1.71. The Bertz CT molecular complexity index is 1090. The molecule has 1 heterocycles. The van der Waals surface area contributed by atoms with Gasteiger partial charge in [0.1, 0.15) is 11.6 Å². The molecule has 1 amide bonds. The standard InChI is InChI=1S/C21H21F4N5O2S/c1-13(29(2)3)19-27-28-20(30(19)16-8-4-14(22)5-9-16)33-12-18(31)26-15-6-10-17(11-7-15)32-21(23,24)25/h4-11,13H,12H2,1-3H3,(H,26,31)/t13-/m0/s1. The zero-order valence-electron chi connectivity index (χ0n) is 17.9. The van der Waals surface area contributed by atoms with Crippen molar-refractivity contribution >= 4 is 23.4 Å². The van der Waals surface area contributed by atoms with E-state index in [-0.39, 0.29) is 29.3 Å². The molecule has 0 fully saturated rings. The first kappa shape index (κ1) is 24.5. The van der Waals surface area contributed by atoms with E-state index in [1.54, 1.807) is 16.7 Å². The van der Waals surface area contributed by atoms with Crippen LogP contribution in [-0.4, -0.2) is 51.8 Å². The van der Waals surface area contributed by atoms with Crippen molar-refractivity contribution in [3.8, 4) is 11.4 Å². The Morgan fingerprint density at radius 1 is 1.12 bits per heavy atom. The number of rotatable bonds is 8. The zero-order chi connectivity index (χ0) is 24.2. The fraction of sp³-hybridized carbons (Fsp3) is 0.286. The summed E-state index contributed by atoms with van der Waals surface area (Å²) in [5, 5.41) is 11.5. The summed E-state index contributed by atoms with van der Waals surface area (Å²) in [6.45, 7) is 1.94. The van der Waals surface area contributed by atoms with E-state index >= 15 is 0 Å². The summed E-state index contributed by atoms with van der Waals surface area (Å²) in [5.41, 5.74) is 0.963. The fourth-order valence-electron chi connectivity index (χ4n) is 2.78. The predicted octanol–water partition coefficient (Wildman–Crippen LogP) is 4.66. The Hall–Kier alpha value is -3.12. The number of halogens is 4. The fourth-order valence-corrected chi connectivity index (χ4v) is 3.54. The van der Waals surface area contributed by atoms with Gasteiger partial charge in [-0.1, -0.05) is 11.8 Å². The zero-order valence-corrected chi connectivity index (χ0v) is 18.7. The van der Waals surface area contributed by atoms with Crippen LogP contribution in [0, 0.1) is 5.82 Å².